The molecule has 174 valence electrons. The lowest BCUT2D eigenvalue weighted by Crippen LogP contribution is -2.40. The summed E-state index contributed by atoms with van der Waals surface area (Å²) in [5, 5.41) is 4.74. The molecule has 0 saturated carbocycles. The van der Waals surface area contributed by atoms with Gasteiger partial charge in [0, 0.05) is 43.2 Å². The molecule has 0 amide bonds. The Hall–Kier alpha value is -3.31. The van der Waals surface area contributed by atoms with E-state index >= 15 is 0 Å². The number of hydrogen-bond donors (Lipinski definition) is 0. The van der Waals surface area contributed by atoms with Gasteiger partial charge in [0.2, 0.25) is 0 Å². The van der Waals surface area contributed by atoms with E-state index in [1.807, 2.05) is 29.9 Å². The Morgan fingerprint density at radius 1 is 0.853 bits per heavy atom. The summed E-state index contributed by atoms with van der Waals surface area (Å²) in [7, 11) is 1.98. The van der Waals surface area contributed by atoms with Crippen LogP contribution in [0.15, 0.2) is 84.9 Å². The molecular formula is C29H29F2N3. The molecule has 4 aromatic rings. The Labute approximate surface area is 199 Å². The summed E-state index contributed by atoms with van der Waals surface area (Å²) >= 11 is 0. The molecule has 5 rings (SSSR count). The number of aromatic nitrogens is 2. The monoisotopic (exact) mass is 457 g/mol. The fraction of sp³-hybridized carbons (Fsp3) is 0.276. The molecular weight excluding hydrogens is 428 g/mol. The maximum atomic E-state index is 13.7. The van der Waals surface area contributed by atoms with E-state index in [1.165, 1.54) is 17.7 Å². The zero-order chi connectivity index (χ0) is 23.5. The van der Waals surface area contributed by atoms with Gasteiger partial charge in [-0.3, -0.25) is 4.68 Å². The first-order chi connectivity index (χ1) is 16.6. The molecule has 0 bridgehead atoms. The minimum absolute atomic E-state index is 0.212. The highest BCUT2D eigenvalue weighted by molar-refractivity contribution is 5.59. The lowest BCUT2D eigenvalue weighted by Gasteiger charge is -2.39. The number of likely N-dealkylation sites (tertiary alicyclic amines) is 1. The molecule has 1 aromatic heterocycles. The third-order valence-electron chi connectivity index (χ3n) is 6.99. The zero-order valence-electron chi connectivity index (χ0n) is 19.4. The molecule has 1 aliphatic heterocycles. The summed E-state index contributed by atoms with van der Waals surface area (Å²) in [6, 6.07) is 26.1. The van der Waals surface area contributed by atoms with Crippen LogP contribution in [-0.4, -0.2) is 34.3 Å². The van der Waals surface area contributed by atoms with E-state index in [0.29, 0.717) is 0 Å². The van der Waals surface area contributed by atoms with Crippen molar-refractivity contribution in [1.29, 1.82) is 0 Å². The second-order valence-electron chi connectivity index (χ2n) is 9.17. The molecule has 0 unspecified atom stereocenters. The van der Waals surface area contributed by atoms with Crippen LogP contribution < -0.4 is 0 Å². The predicted molar refractivity (Wildman–Crippen MR) is 132 cm³/mol. The van der Waals surface area contributed by atoms with Gasteiger partial charge in [0.15, 0.2) is 0 Å². The first kappa shape index (κ1) is 22.5. The first-order valence-electron chi connectivity index (χ1n) is 11.9. The second-order valence-corrected chi connectivity index (χ2v) is 9.17. The van der Waals surface area contributed by atoms with Crippen LogP contribution >= 0.6 is 0 Å². The number of hydrogen-bond acceptors (Lipinski definition) is 2. The SMILES string of the molecule is Cn1nc(-c2ccc(F)cc2)cc1[C@@H]1CCN(CCc2ccccc2)C[C@H]1c1ccc(F)cc1. The fourth-order valence-electron chi connectivity index (χ4n) is 5.15. The van der Waals surface area contributed by atoms with E-state index in [-0.39, 0.29) is 23.5 Å². The van der Waals surface area contributed by atoms with E-state index < -0.39 is 0 Å². The molecule has 1 aliphatic rings. The topological polar surface area (TPSA) is 21.1 Å². The predicted octanol–water partition coefficient (Wildman–Crippen LogP) is 6.18. The molecule has 0 spiro atoms. The van der Waals surface area contributed by atoms with Crippen LogP contribution in [0.25, 0.3) is 11.3 Å². The van der Waals surface area contributed by atoms with Crippen LogP contribution in [0, 0.1) is 11.6 Å². The van der Waals surface area contributed by atoms with Crippen LogP contribution in [0.5, 0.6) is 0 Å². The van der Waals surface area contributed by atoms with Gasteiger partial charge in [-0.05, 0) is 73.0 Å². The maximum absolute atomic E-state index is 13.7. The summed E-state index contributed by atoms with van der Waals surface area (Å²) in [6.45, 7) is 2.92. The Morgan fingerprint density at radius 3 is 2.24 bits per heavy atom. The third kappa shape index (κ3) is 4.95. The smallest absolute Gasteiger partial charge is 0.123 e. The number of aryl methyl sites for hydroxylation is 1. The summed E-state index contributed by atoms with van der Waals surface area (Å²) in [5.74, 6) is 0.0436. The Bertz CT molecular complexity index is 1220. The van der Waals surface area contributed by atoms with Crippen molar-refractivity contribution < 1.29 is 8.78 Å². The lowest BCUT2D eigenvalue weighted by atomic mass is 9.78. The van der Waals surface area contributed by atoms with Crippen LogP contribution in [-0.2, 0) is 13.5 Å². The molecule has 0 radical (unpaired) electrons. The van der Waals surface area contributed by atoms with Crippen molar-refractivity contribution in [3.63, 3.8) is 0 Å². The number of piperidine rings is 1. The quantitative estimate of drug-likeness (QED) is 0.345. The summed E-state index contributed by atoms with van der Waals surface area (Å²) in [6.07, 6.45) is 2.02. The normalized spacial score (nSPS) is 18.8. The number of halogens is 2. The number of rotatable bonds is 6. The van der Waals surface area contributed by atoms with Gasteiger partial charge >= 0.3 is 0 Å². The van der Waals surface area contributed by atoms with Gasteiger partial charge in [0.1, 0.15) is 11.6 Å². The average Bonchev–Trinajstić information content (AvgIpc) is 3.25. The van der Waals surface area contributed by atoms with Gasteiger partial charge in [-0.2, -0.15) is 5.10 Å². The van der Waals surface area contributed by atoms with Gasteiger partial charge in [-0.15, -0.1) is 0 Å². The third-order valence-corrected chi connectivity index (χ3v) is 6.99. The highest BCUT2D eigenvalue weighted by Gasteiger charge is 2.33. The molecule has 2 atom stereocenters. The van der Waals surface area contributed by atoms with Crippen molar-refractivity contribution in [3.05, 3.63) is 113 Å². The van der Waals surface area contributed by atoms with Crippen LogP contribution in [0.1, 0.15) is 35.1 Å². The molecule has 3 aromatic carbocycles. The second kappa shape index (κ2) is 9.90. The van der Waals surface area contributed by atoms with Crippen molar-refractivity contribution in [1.82, 2.24) is 14.7 Å². The fourth-order valence-corrected chi connectivity index (χ4v) is 5.15. The molecule has 0 aliphatic carbocycles. The first-order valence-corrected chi connectivity index (χ1v) is 11.9. The van der Waals surface area contributed by atoms with Gasteiger partial charge in [-0.1, -0.05) is 42.5 Å². The molecule has 3 nitrogen and oxygen atoms in total. The summed E-state index contributed by atoms with van der Waals surface area (Å²) in [4.78, 5) is 2.52. The molecule has 1 saturated heterocycles. The molecule has 34 heavy (non-hydrogen) atoms. The largest absolute Gasteiger partial charge is 0.302 e. The van der Waals surface area contributed by atoms with Crippen molar-refractivity contribution in [2.45, 2.75) is 24.7 Å². The lowest BCUT2D eigenvalue weighted by molar-refractivity contribution is 0.188. The van der Waals surface area contributed by atoms with Crippen molar-refractivity contribution >= 4 is 0 Å². The van der Waals surface area contributed by atoms with Gasteiger partial charge in [-0.25, -0.2) is 8.78 Å². The Balaban J connectivity index is 1.40. The highest BCUT2D eigenvalue weighted by atomic mass is 19.1. The minimum Gasteiger partial charge on any atom is -0.302 e. The molecule has 0 N–H and O–H groups in total. The van der Waals surface area contributed by atoms with E-state index in [2.05, 4.69) is 35.2 Å². The van der Waals surface area contributed by atoms with E-state index in [0.717, 1.165) is 55.0 Å². The van der Waals surface area contributed by atoms with E-state index in [1.54, 1.807) is 24.3 Å². The number of nitrogens with zero attached hydrogens (tertiary/aromatic N) is 3. The number of benzene rings is 3. The van der Waals surface area contributed by atoms with E-state index in [9.17, 15) is 8.78 Å². The van der Waals surface area contributed by atoms with Crippen molar-refractivity contribution in [2.75, 3.05) is 19.6 Å². The Kier molecular flexibility index (Phi) is 6.54. The van der Waals surface area contributed by atoms with Gasteiger partial charge < -0.3 is 4.90 Å². The van der Waals surface area contributed by atoms with Crippen LogP contribution in [0.3, 0.4) is 0 Å². The summed E-state index contributed by atoms with van der Waals surface area (Å²) in [5.41, 5.74) is 5.42. The zero-order valence-corrected chi connectivity index (χ0v) is 19.4. The van der Waals surface area contributed by atoms with Crippen LogP contribution in [0.4, 0.5) is 8.78 Å². The van der Waals surface area contributed by atoms with Gasteiger partial charge in [0.25, 0.3) is 0 Å². The highest BCUT2D eigenvalue weighted by Crippen LogP contribution is 2.40. The standard InChI is InChI=1S/C29H29F2N3/c1-33-29(19-28(32-33)23-9-13-25(31)14-10-23)26-16-18-34(17-15-21-5-3-2-4-6-21)20-27(26)22-7-11-24(30)12-8-22/h2-14,19,26-27H,15-18,20H2,1H3/t26-,27+/m1/s1. The van der Waals surface area contributed by atoms with Crippen molar-refractivity contribution in [2.24, 2.45) is 7.05 Å². The minimum atomic E-state index is -0.251. The van der Waals surface area contributed by atoms with Crippen molar-refractivity contribution in [3.8, 4) is 11.3 Å². The molecule has 2 heterocycles. The molecule has 5 heteroatoms. The van der Waals surface area contributed by atoms with Gasteiger partial charge in [0.05, 0.1) is 5.69 Å². The maximum Gasteiger partial charge on any atom is 0.123 e. The molecule has 1 fully saturated rings. The average molecular weight is 458 g/mol. The van der Waals surface area contributed by atoms with E-state index in [4.69, 9.17) is 5.10 Å². The Morgan fingerprint density at radius 2 is 1.53 bits per heavy atom. The van der Waals surface area contributed by atoms with Crippen LogP contribution in [0.2, 0.25) is 0 Å². The summed E-state index contributed by atoms with van der Waals surface area (Å²) < 4.78 is 29.0.